The fourth-order valence-electron chi connectivity index (χ4n) is 0.734. The first-order valence-corrected chi connectivity index (χ1v) is 4.80. The lowest BCUT2D eigenvalue weighted by atomic mass is 10.2. The molecule has 0 heterocycles. The van der Waals surface area contributed by atoms with Crippen molar-refractivity contribution in [1.82, 2.24) is 0 Å². The molecule has 1 aromatic carbocycles. The van der Waals surface area contributed by atoms with Crippen molar-refractivity contribution in [2.24, 2.45) is 0 Å². The second-order valence-corrected chi connectivity index (χ2v) is 3.55. The fraction of sp³-hybridized carbons (Fsp3) is 0. The average molecular weight is 204 g/mol. The standard InChI is InChI=1S/C8H6F2O2S/c9-8-3-1-7(2-4-8)5-6-13(10,11)12/h1-6H/b6-5+. The van der Waals surface area contributed by atoms with Gasteiger partial charge in [-0.2, -0.15) is 8.42 Å². The highest BCUT2D eigenvalue weighted by Gasteiger charge is 1.98. The van der Waals surface area contributed by atoms with Crippen LogP contribution in [0.3, 0.4) is 0 Å². The van der Waals surface area contributed by atoms with E-state index in [1.54, 1.807) is 0 Å². The Hall–Kier alpha value is -1.23. The van der Waals surface area contributed by atoms with Crippen molar-refractivity contribution >= 4 is 16.3 Å². The van der Waals surface area contributed by atoms with Gasteiger partial charge in [-0.3, -0.25) is 0 Å². The van der Waals surface area contributed by atoms with Crippen LogP contribution < -0.4 is 0 Å². The maximum Gasteiger partial charge on any atom is 0.325 e. The first-order valence-electron chi connectivity index (χ1n) is 3.36. The van der Waals surface area contributed by atoms with E-state index in [0.717, 1.165) is 18.2 Å². The molecule has 0 amide bonds. The number of hydrogen-bond acceptors (Lipinski definition) is 2. The van der Waals surface area contributed by atoms with Crippen molar-refractivity contribution in [1.29, 1.82) is 0 Å². The van der Waals surface area contributed by atoms with E-state index in [0.29, 0.717) is 11.0 Å². The van der Waals surface area contributed by atoms with Gasteiger partial charge >= 0.3 is 10.2 Å². The molecule has 5 heteroatoms. The van der Waals surface area contributed by atoms with Gasteiger partial charge in [-0.1, -0.05) is 12.1 Å². The molecule has 0 aliphatic carbocycles. The molecule has 0 bridgehead atoms. The van der Waals surface area contributed by atoms with E-state index in [2.05, 4.69) is 0 Å². The van der Waals surface area contributed by atoms with Crippen molar-refractivity contribution in [3.63, 3.8) is 0 Å². The summed E-state index contributed by atoms with van der Waals surface area (Å²) >= 11 is 0. The van der Waals surface area contributed by atoms with Crippen LogP contribution in [-0.4, -0.2) is 8.42 Å². The zero-order chi connectivity index (χ0) is 9.90. The molecule has 0 aliphatic rings. The fourth-order valence-corrected chi connectivity index (χ4v) is 1.05. The van der Waals surface area contributed by atoms with Crippen LogP contribution in [0.2, 0.25) is 0 Å². The first-order chi connectivity index (χ1) is 5.97. The molecule has 0 N–H and O–H groups in total. The highest BCUT2D eigenvalue weighted by atomic mass is 32.3. The van der Waals surface area contributed by atoms with Gasteiger partial charge in [0.05, 0.1) is 5.41 Å². The van der Waals surface area contributed by atoms with Crippen LogP contribution in [0.1, 0.15) is 5.56 Å². The molecule has 0 saturated heterocycles. The summed E-state index contributed by atoms with van der Waals surface area (Å²) in [5, 5.41) is 0.417. The van der Waals surface area contributed by atoms with Crippen molar-refractivity contribution in [2.45, 2.75) is 0 Å². The molecule has 1 rings (SSSR count). The third-order valence-electron chi connectivity index (χ3n) is 1.29. The summed E-state index contributed by atoms with van der Waals surface area (Å²) in [6.07, 6.45) is 1.05. The maximum atomic E-state index is 12.3. The summed E-state index contributed by atoms with van der Waals surface area (Å²) in [4.78, 5) is 0. The number of hydrogen-bond donors (Lipinski definition) is 0. The van der Waals surface area contributed by atoms with Crippen molar-refractivity contribution in [3.8, 4) is 0 Å². The Balaban J connectivity index is 2.88. The lowest BCUT2D eigenvalue weighted by Crippen LogP contribution is -1.81. The summed E-state index contributed by atoms with van der Waals surface area (Å²) in [5.74, 6) is -0.430. The van der Waals surface area contributed by atoms with Gasteiger partial charge in [0.25, 0.3) is 0 Å². The minimum atomic E-state index is -4.61. The summed E-state index contributed by atoms with van der Waals surface area (Å²) in [7, 11) is -4.61. The SMILES string of the molecule is O=S(=O)(F)/C=C/c1ccc(F)cc1. The van der Waals surface area contributed by atoms with E-state index in [9.17, 15) is 16.7 Å². The Bertz CT molecular complexity index is 406. The van der Waals surface area contributed by atoms with Gasteiger partial charge in [-0.15, -0.1) is 3.89 Å². The van der Waals surface area contributed by atoms with Gasteiger partial charge in [0.15, 0.2) is 0 Å². The Morgan fingerprint density at radius 3 is 2.15 bits per heavy atom. The van der Waals surface area contributed by atoms with Gasteiger partial charge < -0.3 is 0 Å². The molecule has 0 fully saturated rings. The number of benzene rings is 1. The van der Waals surface area contributed by atoms with Gasteiger partial charge in [0.2, 0.25) is 0 Å². The largest absolute Gasteiger partial charge is 0.325 e. The summed E-state index contributed by atoms with van der Waals surface area (Å²) < 4.78 is 44.4. The molecule has 0 saturated carbocycles. The number of halogens is 2. The molecule has 0 aromatic heterocycles. The van der Waals surface area contributed by atoms with Crippen LogP contribution in [0.4, 0.5) is 8.28 Å². The Morgan fingerprint density at radius 2 is 1.69 bits per heavy atom. The van der Waals surface area contributed by atoms with E-state index in [4.69, 9.17) is 0 Å². The Kier molecular flexibility index (Phi) is 2.77. The molecule has 0 atom stereocenters. The first kappa shape index (κ1) is 9.85. The molecular weight excluding hydrogens is 198 g/mol. The van der Waals surface area contributed by atoms with E-state index in [1.807, 2.05) is 0 Å². The lowest BCUT2D eigenvalue weighted by molar-refractivity contribution is 0.563. The van der Waals surface area contributed by atoms with Crippen molar-refractivity contribution in [2.75, 3.05) is 0 Å². The van der Waals surface area contributed by atoms with Crippen LogP contribution in [0, 0.1) is 5.82 Å². The normalized spacial score (nSPS) is 12.2. The molecule has 2 nitrogen and oxygen atoms in total. The molecule has 0 unspecified atom stereocenters. The van der Waals surface area contributed by atoms with E-state index < -0.39 is 16.0 Å². The van der Waals surface area contributed by atoms with Gasteiger partial charge in [-0.05, 0) is 23.8 Å². The van der Waals surface area contributed by atoms with Gasteiger partial charge in [0, 0.05) is 0 Å². The molecule has 70 valence electrons. The second kappa shape index (κ2) is 3.66. The summed E-state index contributed by atoms with van der Waals surface area (Å²) in [6, 6.07) is 5.00. The van der Waals surface area contributed by atoms with E-state index in [1.165, 1.54) is 12.1 Å². The van der Waals surface area contributed by atoms with Crippen LogP contribution >= 0.6 is 0 Å². The van der Waals surface area contributed by atoms with E-state index in [-0.39, 0.29) is 0 Å². The topological polar surface area (TPSA) is 34.1 Å². The van der Waals surface area contributed by atoms with Gasteiger partial charge in [-0.25, -0.2) is 4.39 Å². The molecule has 0 aliphatic heterocycles. The van der Waals surface area contributed by atoms with Crippen LogP contribution in [-0.2, 0) is 10.2 Å². The summed E-state index contributed by atoms with van der Waals surface area (Å²) in [5.41, 5.74) is 0.419. The second-order valence-electron chi connectivity index (χ2n) is 2.33. The third kappa shape index (κ3) is 3.80. The lowest BCUT2D eigenvalue weighted by Gasteiger charge is -1.90. The molecule has 0 spiro atoms. The predicted octanol–water partition coefficient (Wildman–Crippen LogP) is 2.10. The molecule has 0 radical (unpaired) electrons. The molecular formula is C8H6F2O2S. The highest BCUT2D eigenvalue weighted by Crippen LogP contribution is 2.06. The third-order valence-corrected chi connectivity index (χ3v) is 1.75. The highest BCUT2D eigenvalue weighted by molar-refractivity contribution is 7.89. The molecule has 1 aromatic rings. The van der Waals surface area contributed by atoms with E-state index >= 15 is 0 Å². The molecule has 13 heavy (non-hydrogen) atoms. The maximum absolute atomic E-state index is 12.3. The smallest absolute Gasteiger partial charge is 0.207 e. The Labute approximate surface area is 74.7 Å². The van der Waals surface area contributed by atoms with Crippen molar-refractivity contribution < 1.29 is 16.7 Å². The predicted molar refractivity (Wildman–Crippen MR) is 45.5 cm³/mol. The van der Waals surface area contributed by atoms with Crippen LogP contribution in [0.25, 0.3) is 6.08 Å². The van der Waals surface area contributed by atoms with Crippen LogP contribution in [0.15, 0.2) is 29.7 Å². The van der Waals surface area contributed by atoms with Crippen molar-refractivity contribution in [3.05, 3.63) is 41.1 Å². The monoisotopic (exact) mass is 204 g/mol. The quantitative estimate of drug-likeness (QED) is 0.691. The summed E-state index contributed by atoms with van der Waals surface area (Å²) in [6.45, 7) is 0. The minimum absolute atomic E-state index is 0.417. The number of rotatable bonds is 2. The van der Waals surface area contributed by atoms with Crippen LogP contribution in [0.5, 0.6) is 0 Å². The zero-order valence-corrected chi connectivity index (χ0v) is 7.26. The minimum Gasteiger partial charge on any atom is -0.207 e. The average Bonchev–Trinajstić information content (AvgIpc) is 2.02. The van der Waals surface area contributed by atoms with Gasteiger partial charge in [0.1, 0.15) is 5.82 Å². The zero-order valence-electron chi connectivity index (χ0n) is 6.44. The Morgan fingerprint density at radius 1 is 1.15 bits per heavy atom.